The maximum atomic E-state index is 12.8. The Bertz CT molecular complexity index is 658. The molecule has 3 rings (SSSR count). The molecule has 0 radical (unpaired) electrons. The molecule has 0 N–H and O–H groups in total. The minimum absolute atomic E-state index is 0.0355. The predicted molar refractivity (Wildman–Crippen MR) is 99.0 cm³/mol. The van der Waals surface area contributed by atoms with Gasteiger partial charge in [0.25, 0.3) is 0 Å². The van der Waals surface area contributed by atoms with E-state index in [0.717, 1.165) is 11.3 Å². The molecule has 2 aliphatic heterocycles. The maximum Gasteiger partial charge on any atom is 0.242 e. The van der Waals surface area contributed by atoms with Gasteiger partial charge in [-0.05, 0) is 17.5 Å². The lowest BCUT2D eigenvalue weighted by atomic mass is 10.00. The first-order valence-corrected chi connectivity index (χ1v) is 9.34. The van der Waals surface area contributed by atoms with E-state index in [1.807, 2.05) is 29.2 Å². The van der Waals surface area contributed by atoms with Gasteiger partial charge in [-0.15, -0.1) is 0 Å². The third-order valence-electron chi connectivity index (χ3n) is 5.21. The van der Waals surface area contributed by atoms with Gasteiger partial charge in [0.2, 0.25) is 11.8 Å². The van der Waals surface area contributed by atoms with Crippen LogP contribution >= 0.6 is 0 Å². The fourth-order valence-electron chi connectivity index (χ4n) is 3.71. The number of hydrogen-bond donors (Lipinski definition) is 0. The van der Waals surface area contributed by atoms with Crippen molar-refractivity contribution in [1.29, 1.82) is 0 Å². The number of likely N-dealkylation sites (tertiary alicyclic amines) is 1. The zero-order chi connectivity index (χ0) is 18.7. The van der Waals surface area contributed by atoms with Crippen molar-refractivity contribution in [3.05, 3.63) is 29.8 Å². The van der Waals surface area contributed by atoms with Crippen LogP contribution in [0.1, 0.15) is 45.1 Å². The van der Waals surface area contributed by atoms with Crippen LogP contribution in [-0.2, 0) is 19.1 Å². The summed E-state index contributed by atoms with van der Waals surface area (Å²) in [6.45, 7) is 8.18. The highest BCUT2D eigenvalue weighted by atomic mass is 16.7. The molecule has 2 aliphatic rings. The number of piperidine rings is 1. The van der Waals surface area contributed by atoms with Gasteiger partial charge in [-0.3, -0.25) is 9.59 Å². The average molecular weight is 360 g/mol. The molecular formula is C20H28N2O4. The zero-order valence-electron chi connectivity index (χ0n) is 15.9. The third-order valence-corrected chi connectivity index (χ3v) is 5.21. The highest BCUT2D eigenvalue weighted by molar-refractivity contribution is 5.98. The second-order valence-electron chi connectivity index (χ2n) is 7.31. The molecule has 2 saturated heterocycles. The molecule has 0 bridgehead atoms. The van der Waals surface area contributed by atoms with Gasteiger partial charge in [0.05, 0.1) is 13.2 Å². The van der Waals surface area contributed by atoms with Crippen LogP contribution in [0.4, 0.5) is 5.69 Å². The van der Waals surface area contributed by atoms with Crippen molar-refractivity contribution in [3.63, 3.8) is 0 Å². The molecule has 1 spiro atoms. The molecule has 0 aromatic heterocycles. The van der Waals surface area contributed by atoms with Crippen LogP contribution in [0, 0.1) is 0 Å². The minimum atomic E-state index is -0.499. The summed E-state index contributed by atoms with van der Waals surface area (Å²) >= 11 is 0. The van der Waals surface area contributed by atoms with Crippen LogP contribution in [0.2, 0.25) is 0 Å². The van der Waals surface area contributed by atoms with Crippen molar-refractivity contribution < 1.29 is 19.1 Å². The Balaban J connectivity index is 1.69. The van der Waals surface area contributed by atoms with E-state index in [1.165, 1.54) is 6.92 Å². The summed E-state index contributed by atoms with van der Waals surface area (Å²) in [6.07, 6.45) is 1.36. The first-order valence-electron chi connectivity index (χ1n) is 9.34. The summed E-state index contributed by atoms with van der Waals surface area (Å²) in [5, 5.41) is 0. The number of nitrogens with zero attached hydrogens (tertiary/aromatic N) is 2. The zero-order valence-corrected chi connectivity index (χ0v) is 15.9. The summed E-state index contributed by atoms with van der Waals surface area (Å²) < 4.78 is 11.4. The number of anilines is 1. The number of benzene rings is 1. The quantitative estimate of drug-likeness (QED) is 0.828. The summed E-state index contributed by atoms with van der Waals surface area (Å²) in [5.74, 6) is -0.384. The van der Waals surface area contributed by atoms with Crippen LogP contribution in [0.5, 0.6) is 0 Å². The largest absolute Gasteiger partial charge is 0.347 e. The van der Waals surface area contributed by atoms with Gasteiger partial charge in [-0.25, -0.2) is 0 Å². The predicted octanol–water partition coefficient (Wildman–Crippen LogP) is 2.53. The minimum Gasteiger partial charge on any atom is -0.347 e. The van der Waals surface area contributed by atoms with Crippen LogP contribution in [0.15, 0.2) is 24.3 Å². The molecule has 26 heavy (non-hydrogen) atoms. The Morgan fingerprint density at radius 2 is 1.77 bits per heavy atom. The standard InChI is InChI=1S/C20H28N2O4/c1-15(2)17-6-4-5-7-18(17)22(16(3)23)14-19(24)21-10-8-20(9-11-21)25-12-13-26-20/h4-7,15H,8-14H2,1-3H3. The van der Waals surface area contributed by atoms with E-state index >= 15 is 0 Å². The monoisotopic (exact) mass is 360 g/mol. The molecule has 2 heterocycles. The van der Waals surface area contributed by atoms with Crippen molar-refractivity contribution in [1.82, 2.24) is 4.90 Å². The van der Waals surface area contributed by atoms with Gasteiger partial charge in [0, 0.05) is 38.5 Å². The molecule has 1 aromatic rings. The van der Waals surface area contributed by atoms with Crippen molar-refractivity contribution in [2.24, 2.45) is 0 Å². The number of rotatable bonds is 4. The van der Waals surface area contributed by atoms with Gasteiger partial charge < -0.3 is 19.3 Å². The van der Waals surface area contributed by atoms with Crippen LogP contribution in [-0.4, -0.2) is 55.3 Å². The van der Waals surface area contributed by atoms with Crippen molar-refractivity contribution in [2.75, 3.05) is 37.7 Å². The van der Waals surface area contributed by atoms with E-state index in [0.29, 0.717) is 39.1 Å². The first-order chi connectivity index (χ1) is 12.4. The fraction of sp³-hybridized carbons (Fsp3) is 0.600. The number of carbonyl (C=O) groups excluding carboxylic acids is 2. The van der Waals surface area contributed by atoms with Crippen molar-refractivity contribution in [3.8, 4) is 0 Å². The Hall–Kier alpha value is -1.92. The summed E-state index contributed by atoms with van der Waals surface area (Å²) in [5.41, 5.74) is 1.89. The number of amides is 2. The van der Waals surface area contributed by atoms with Crippen molar-refractivity contribution in [2.45, 2.75) is 45.3 Å². The highest BCUT2D eigenvalue weighted by Crippen LogP contribution is 2.32. The lowest BCUT2D eigenvalue weighted by Gasteiger charge is -2.38. The number of hydrogen-bond acceptors (Lipinski definition) is 4. The van der Waals surface area contributed by atoms with Gasteiger partial charge in [-0.1, -0.05) is 32.0 Å². The SMILES string of the molecule is CC(=O)N(CC(=O)N1CCC2(CC1)OCCO2)c1ccccc1C(C)C. The molecule has 1 aromatic carbocycles. The maximum absolute atomic E-state index is 12.8. The number of carbonyl (C=O) groups is 2. The molecule has 0 saturated carbocycles. The molecule has 2 fully saturated rings. The molecule has 0 unspecified atom stereocenters. The molecule has 142 valence electrons. The van der Waals surface area contributed by atoms with Crippen molar-refractivity contribution >= 4 is 17.5 Å². The lowest BCUT2D eigenvalue weighted by molar-refractivity contribution is -0.187. The van der Waals surface area contributed by atoms with E-state index in [2.05, 4.69) is 13.8 Å². The summed E-state index contributed by atoms with van der Waals surface area (Å²) in [7, 11) is 0. The van der Waals surface area contributed by atoms with E-state index in [4.69, 9.17) is 9.47 Å². The second-order valence-corrected chi connectivity index (χ2v) is 7.31. The Morgan fingerprint density at radius 1 is 1.15 bits per heavy atom. The topological polar surface area (TPSA) is 59.1 Å². The van der Waals surface area contributed by atoms with E-state index < -0.39 is 5.79 Å². The van der Waals surface area contributed by atoms with E-state index in [-0.39, 0.29) is 24.3 Å². The molecule has 0 atom stereocenters. The van der Waals surface area contributed by atoms with E-state index in [9.17, 15) is 9.59 Å². The molecule has 6 nitrogen and oxygen atoms in total. The highest BCUT2D eigenvalue weighted by Gasteiger charge is 2.41. The molecule has 2 amide bonds. The van der Waals surface area contributed by atoms with E-state index in [1.54, 1.807) is 4.90 Å². The van der Waals surface area contributed by atoms with Gasteiger partial charge in [0.15, 0.2) is 5.79 Å². The van der Waals surface area contributed by atoms with Crippen LogP contribution in [0.25, 0.3) is 0 Å². The van der Waals surface area contributed by atoms with Gasteiger partial charge >= 0.3 is 0 Å². The Morgan fingerprint density at radius 3 is 2.35 bits per heavy atom. The third kappa shape index (κ3) is 3.91. The normalized spacial score (nSPS) is 19.2. The second kappa shape index (κ2) is 7.76. The molecule has 6 heteroatoms. The first kappa shape index (κ1) is 18.9. The molecular weight excluding hydrogens is 332 g/mol. The van der Waals surface area contributed by atoms with Gasteiger partial charge in [-0.2, -0.15) is 0 Å². The Kier molecular flexibility index (Phi) is 5.63. The molecule has 0 aliphatic carbocycles. The number of para-hydroxylation sites is 1. The summed E-state index contributed by atoms with van der Waals surface area (Å²) in [6, 6.07) is 7.79. The lowest BCUT2D eigenvalue weighted by Crippen LogP contribution is -2.50. The Labute approximate surface area is 155 Å². The van der Waals surface area contributed by atoms with Crippen LogP contribution in [0.3, 0.4) is 0 Å². The number of ether oxygens (including phenoxy) is 2. The summed E-state index contributed by atoms with van der Waals surface area (Å²) in [4.78, 5) is 28.5. The van der Waals surface area contributed by atoms with Crippen LogP contribution < -0.4 is 4.90 Å². The average Bonchev–Trinajstić information content (AvgIpc) is 3.07. The smallest absolute Gasteiger partial charge is 0.242 e. The fourth-order valence-corrected chi connectivity index (χ4v) is 3.71. The van der Waals surface area contributed by atoms with Gasteiger partial charge in [0.1, 0.15) is 6.54 Å².